The standard InChI is InChI=1S/C25H20Cl2N2O3/c1-14-13-17(26)9-12-20(14)28-23-22(16-7-10-18(32-3)11-8-16)24(30)29(25(23)31)21-6-4-5-19(27)15(21)2/h4-13,28H,1-3H3. The second kappa shape index (κ2) is 8.69. The summed E-state index contributed by atoms with van der Waals surface area (Å²) < 4.78 is 5.23. The van der Waals surface area contributed by atoms with Crippen LogP contribution in [-0.4, -0.2) is 18.9 Å². The van der Waals surface area contributed by atoms with E-state index in [-0.39, 0.29) is 11.3 Å². The van der Waals surface area contributed by atoms with Crippen LogP contribution in [0.4, 0.5) is 11.4 Å². The van der Waals surface area contributed by atoms with Gasteiger partial charge in [-0.15, -0.1) is 0 Å². The van der Waals surface area contributed by atoms with Crippen LogP contribution in [0.2, 0.25) is 10.0 Å². The monoisotopic (exact) mass is 466 g/mol. The second-order valence-electron chi connectivity index (χ2n) is 7.39. The number of hydrogen-bond acceptors (Lipinski definition) is 4. The van der Waals surface area contributed by atoms with Crippen molar-refractivity contribution in [2.24, 2.45) is 0 Å². The smallest absolute Gasteiger partial charge is 0.282 e. The quantitative estimate of drug-likeness (QED) is 0.467. The van der Waals surface area contributed by atoms with Gasteiger partial charge in [-0.05, 0) is 73.0 Å². The van der Waals surface area contributed by atoms with Gasteiger partial charge in [0.1, 0.15) is 11.4 Å². The maximum Gasteiger partial charge on any atom is 0.282 e. The number of carbonyl (C=O) groups excluding carboxylic acids is 2. The SMILES string of the molecule is COc1ccc(C2=C(Nc3ccc(Cl)cc3C)C(=O)N(c3cccc(Cl)c3C)C2=O)cc1. The van der Waals surface area contributed by atoms with E-state index in [0.29, 0.717) is 38.3 Å². The molecule has 32 heavy (non-hydrogen) atoms. The molecular formula is C25H20Cl2N2O3. The Labute approximate surface area is 196 Å². The molecule has 0 radical (unpaired) electrons. The van der Waals surface area contributed by atoms with Crippen molar-refractivity contribution in [1.82, 2.24) is 0 Å². The average molecular weight is 467 g/mol. The molecule has 0 saturated heterocycles. The van der Waals surface area contributed by atoms with Gasteiger partial charge in [-0.3, -0.25) is 9.59 Å². The highest BCUT2D eigenvalue weighted by Gasteiger charge is 2.41. The molecule has 0 bridgehead atoms. The largest absolute Gasteiger partial charge is 0.497 e. The Balaban J connectivity index is 1.86. The van der Waals surface area contributed by atoms with Crippen LogP contribution in [0.3, 0.4) is 0 Å². The topological polar surface area (TPSA) is 58.6 Å². The van der Waals surface area contributed by atoms with Crippen LogP contribution in [0.1, 0.15) is 16.7 Å². The maximum absolute atomic E-state index is 13.6. The van der Waals surface area contributed by atoms with Gasteiger partial charge in [0.25, 0.3) is 11.8 Å². The Kier molecular flexibility index (Phi) is 5.96. The number of ether oxygens (including phenoxy) is 1. The normalized spacial score (nSPS) is 13.7. The number of methoxy groups -OCH3 is 1. The lowest BCUT2D eigenvalue weighted by atomic mass is 10.0. The van der Waals surface area contributed by atoms with Gasteiger partial charge in [-0.1, -0.05) is 41.4 Å². The molecule has 162 valence electrons. The Hall–Kier alpha value is -3.28. The molecule has 0 spiro atoms. The number of carbonyl (C=O) groups is 2. The first-order chi connectivity index (χ1) is 15.3. The van der Waals surface area contributed by atoms with Gasteiger partial charge < -0.3 is 10.1 Å². The summed E-state index contributed by atoms with van der Waals surface area (Å²) in [5.41, 5.74) is 3.67. The maximum atomic E-state index is 13.6. The van der Waals surface area contributed by atoms with Crippen LogP contribution >= 0.6 is 23.2 Å². The summed E-state index contributed by atoms with van der Waals surface area (Å²) in [6.07, 6.45) is 0. The second-order valence-corrected chi connectivity index (χ2v) is 8.24. The Morgan fingerprint density at radius 1 is 0.906 bits per heavy atom. The summed E-state index contributed by atoms with van der Waals surface area (Å²) in [7, 11) is 1.57. The summed E-state index contributed by atoms with van der Waals surface area (Å²) in [4.78, 5) is 28.3. The molecule has 0 aromatic heterocycles. The van der Waals surface area contributed by atoms with Gasteiger partial charge in [0.15, 0.2) is 0 Å². The first-order valence-electron chi connectivity index (χ1n) is 9.87. The predicted octanol–water partition coefficient (Wildman–Crippen LogP) is 6.02. The Bertz CT molecular complexity index is 1270. The minimum atomic E-state index is -0.458. The lowest BCUT2D eigenvalue weighted by molar-refractivity contribution is -0.120. The van der Waals surface area contributed by atoms with E-state index in [1.165, 1.54) is 0 Å². The van der Waals surface area contributed by atoms with Gasteiger partial charge in [-0.2, -0.15) is 0 Å². The zero-order chi connectivity index (χ0) is 23.0. The minimum absolute atomic E-state index is 0.185. The number of nitrogens with one attached hydrogen (secondary N) is 1. The summed E-state index contributed by atoms with van der Waals surface area (Å²) in [6.45, 7) is 3.65. The van der Waals surface area contributed by atoms with E-state index >= 15 is 0 Å². The molecule has 2 amide bonds. The first kappa shape index (κ1) is 21.9. The fraction of sp³-hybridized carbons (Fsp3) is 0.120. The highest BCUT2D eigenvalue weighted by Crippen LogP contribution is 2.37. The number of hydrogen-bond donors (Lipinski definition) is 1. The van der Waals surface area contributed by atoms with Crippen molar-refractivity contribution < 1.29 is 14.3 Å². The Morgan fingerprint density at radius 3 is 2.28 bits per heavy atom. The zero-order valence-corrected chi connectivity index (χ0v) is 19.2. The number of nitrogens with zero attached hydrogens (tertiary/aromatic N) is 1. The van der Waals surface area contributed by atoms with Crippen LogP contribution in [0.25, 0.3) is 5.57 Å². The number of benzene rings is 3. The van der Waals surface area contributed by atoms with Crippen molar-refractivity contribution in [3.63, 3.8) is 0 Å². The van der Waals surface area contributed by atoms with Crippen molar-refractivity contribution in [3.8, 4) is 5.75 Å². The van der Waals surface area contributed by atoms with Crippen LogP contribution in [0.15, 0.2) is 66.4 Å². The number of imide groups is 1. The summed E-state index contributed by atoms with van der Waals surface area (Å²) >= 11 is 12.4. The highest BCUT2D eigenvalue weighted by molar-refractivity contribution is 6.46. The summed E-state index contributed by atoms with van der Waals surface area (Å²) in [5, 5.41) is 4.23. The first-order valence-corrected chi connectivity index (χ1v) is 10.6. The molecule has 3 aromatic carbocycles. The third-order valence-electron chi connectivity index (χ3n) is 5.39. The van der Waals surface area contributed by atoms with Gasteiger partial charge in [-0.25, -0.2) is 4.90 Å². The summed E-state index contributed by atoms with van der Waals surface area (Å²) in [5.74, 6) is -0.239. The molecule has 0 unspecified atom stereocenters. The van der Waals surface area contributed by atoms with Gasteiger partial charge in [0.05, 0.1) is 18.4 Å². The number of halogens is 2. The van der Waals surface area contributed by atoms with Gasteiger partial charge in [0.2, 0.25) is 0 Å². The molecule has 1 N–H and O–H groups in total. The van der Waals surface area contributed by atoms with Crippen LogP contribution < -0.4 is 15.0 Å². The Morgan fingerprint density at radius 2 is 1.62 bits per heavy atom. The van der Waals surface area contributed by atoms with Gasteiger partial charge in [0, 0.05) is 15.7 Å². The van der Waals surface area contributed by atoms with Crippen molar-refractivity contribution in [3.05, 3.63) is 93.1 Å². The fourth-order valence-electron chi connectivity index (χ4n) is 3.63. The third-order valence-corrected chi connectivity index (χ3v) is 6.04. The van der Waals surface area contributed by atoms with E-state index in [1.54, 1.807) is 74.7 Å². The zero-order valence-electron chi connectivity index (χ0n) is 17.7. The van der Waals surface area contributed by atoms with Crippen LogP contribution in [0.5, 0.6) is 5.75 Å². The molecule has 0 atom stereocenters. The molecule has 0 fully saturated rings. The highest BCUT2D eigenvalue weighted by atomic mass is 35.5. The van der Waals surface area contributed by atoms with E-state index in [1.807, 2.05) is 6.92 Å². The van der Waals surface area contributed by atoms with Crippen LogP contribution in [-0.2, 0) is 9.59 Å². The molecule has 1 aliphatic heterocycles. The molecule has 7 heteroatoms. The molecule has 4 rings (SSSR count). The van der Waals surface area contributed by atoms with Gasteiger partial charge >= 0.3 is 0 Å². The fourth-order valence-corrected chi connectivity index (χ4v) is 4.03. The van der Waals surface area contributed by atoms with E-state index in [0.717, 1.165) is 10.5 Å². The van der Waals surface area contributed by atoms with E-state index < -0.39 is 11.8 Å². The minimum Gasteiger partial charge on any atom is -0.497 e. The van der Waals surface area contributed by atoms with Crippen molar-refractivity contribution in [2.75, 3.05) is 17.3 Å². The van der Waals surface area contributed by atoms with Crippen molar-refractivity contribution in [2.45, 2.75) is 13.8 Å². The molecular weight excluding hydrogens is 447 g/mol. The molecule has 5 nitrogen and oxygen atoms in total. The number of anilines is 2. The van der Waals surface area contributed by atoms with Crippen LogP contribution in [0, 0.1) is 13.8 Å². The molecule has 1 aliphatic rings. The molecule has 0 aliphatic carbocycles. The number of aryl methyl sites for hydroxylation is 1. The third kappa shape index (κ3) is 3.85. The number of amides is 2. The van der Waals surface area contributed by atoms with Crippen molar-refractivity contribution in [1.29, 1.82) is 0 Å². The molecule has 1 heterocycles. The lowest BCUT2D eigenvalue weighted by Gasteiger charge is -2.18. The average Bonchev–Trinajstić information content (AvgIpc) is 3.01. The van der Waals surface area contributed by atoms with Crippen molar-refractivity contribution >= 4 is 52.0 Å². The molecule has 0 saturated carbocycles. The lowest BCUT2D eigenvalue weighted by Crippen LogP contribution is -2.33. The van der Waals surface area contributed by atoms with E-state index in [2.05, 4.69) is 5.32 Å². The predicted molar refractivity (Wildman–Crippen MR) is 128 cm³/mol. The molecule has 3 aromatic rings. The summed E-state index contributed by atoms with van der Waals surface area (Å²) in [6, 6.07) is 17.4. The van der Waals surface area contributed by atoms with E-state index in [4.69, 9.17) is 27.9 Å². The number of rotatable bonds is 5. The van der Waals surface area contributed by atoms with E-state index in [9.17, 15) is 9.59 Å².